The zero-order valence-corrected chi connectivity index (χ0v) is 14.8. The van der Waals surface area contributed by atoms with Crippen molar-refractivity contribution in [3.8, 4) is 0 Å². The molecule has 140 valence electrons. The Kier molecular flexibility index (Phi) is 6.01. The Labute approximate surface area is 151 Å². The summed E-state index contributed by atoms with van der Waals surface area (Å²) in [5, 5.41) is 2.91. The van der Waals surface area contributed by atoms with Crippen molar-refractivity contribution in [1.82, 2.24) is 4.90 Å². The Bertz CT molecular complexity index is 817. The molecule has 2 rings (SSSR count). The van der Waals surface area contributed by atoms with E-state index in [1.54, 1.807) is 13.0 Å². The van der Waals surface area contributed by atoms with Gasteiger partial charge in [-0.3, -0.25) is 9.59 Å². The van der Waals surface area contributed by atoms with Crippen LogP contribution >= 0.6 is 11.3 Å². The minimum atomic E-state index is -4.34. The smallest absolute Gasteiger partial charge is 0.341 e. The number of hydrogen-bond donors (Lipinski definition) is 1. The van der Waals surface area contributed by atoms with Crippen LogP contribution in [0.15, 0.2) is 30.3 Å². The van der Waals surface area contributed by atoms with E-state index in [9.17, 15) is 27.2 Å². The van der Waals surface area contributed by atoms with Gasteiger partial charge in [0.15, 0.2) is 0 Å². The molecule has 1 aromatic heterocycles. The van der Waals surface area contributed by atoms with Gasteiger partial charge in [-0.2, -0.15) is 13.2 Å². The summed E-state index contributed by atoms with van der Waals surface area (Å²) in [5.41, 5.74) is 0.652. The Balaban J connectivity index is 2.08. The lowest BCUT2D eigenvalue weighted by Crippen LogP contribution is -2.30. The van der Waals surface area contributed by atoms with Gasteiger partial charge < -0.3 is 10.2 Å². The maximum absolute atomic E-state index is 13.2. The van der Waals surface area contributed by atoms with Crippen LogP contribution in [0.3, 0.4) is 0 Å². The van der Waals surface area contributed by atoms with Crippen LogP contribution in [-0.4, -0.2) is 36.5 Å². The van der Waals surface area contributed by atoms with Crippen molar-refractivity contribution in [3.05, 3.63) is 52.2 Å². The highest BCUT2D eigenvalue weighted by Gasteiger charge is 2.29. The second-order valence-electron chi connectivity index (χ2n) is 5.68. The number of nitrogens with one attached hydrogen (secondary N) is 1. The average Bonchev–Trinajstić information content (AvgIpc) is 2.91. The zero-order chi connectivity index (χ0) is 19.5. The van der Waals surface area contributed by atoms with Crippen molar-refractivity contribution < 1.29 is 27.2 Å². The van der Waals surface area contributed by atoms with Crippen LogP contribution in [-0.2, 0) is 0 Å². The van der Waals surface area contributed by atoms with E-state index in [2.05, 4.69) is 5.32 Å². The normalized spacial score (nSPS) is 11.3. The van der Waals surface area contributed by atoms with Gasteiger partial charge in [0.1, 0.15) is 5.82 Å². The molecule has 0 spiro atoms. The molecule has 0 saturated carbocycles. The number of amides is 2. The Morgan fingerprint density at radius 1 is 1.23 bits per heavy atom. The molecule has 9 heteroatoms. The molecule has 0 radical (unpaired) electrons. The van der Waals surface area contributed by atoms with Gasteiger partial charge in [-0.25, -0.2) is 4.39 Å². The molecular formula is C17H16F4N2O2S. The summed E-state index contributed by atoms with van der Waals surface area (Å²) >= 11 is 0.958. The fraction of sp³-hybridized carbons (Fsp3) is 0.294. The number of benzene rings is 1. The predicted molar refractivity (Wildman–Crippen MR) is 91.0 cm³/mol. The molecule has 2 amide bonds. The van der Waals surface area contributed by atoms with Crippen molar-refractivity contribution in [1.29, 1.82) is 0 Å². The molecule has 1 N–H and O–H groups in total. The number of carbonyl (C=O) groups excluding carboxylic acids is 2. The maximum Gasteiger partial charge on any atom is 0.390 e. The molecule has 0 bridgehead atoms. The molecule has 0 aliphatic rings. The first kappa shape index (κ1) is 19.9. The molecule has 1 heterocycles. The van der Waals surface area contributed by atoms with Crippen molar-refractivity contribution in [2.24, 2.45) is 0 Å². The molecule has 4 nitrogen and oxygen atoms in total. The highest BCUT2D eigenvalue weighted by molar-refractivity contribution is 7.18. The van der Waals surface area contributed by atoms with Gasteiger partial charge in [0.25, 0.3) is 11.8 Å². The highest BCUT2D eigenvalue weighted by Crippen LogP contribution is 2.29. The molecule has 0 aliphatic heterocycles. The van der Waals surface area contributed by atoms with Crippen molar-refractivity contribution in [3.63, 3.8) is 0 Å². The van der Waals surface area contributed by atoms with Gasteiger partial charge in [-0.1, -0.05) is 6.07 Å². The Morgan fingerprint density at radius 2 is 1.92 bits per heavy atom. The molecule has 0 aliphatic carbocycles. The summed E-state index contributed by atoms with van der Waals surface area (Å²) in [6.45, 7) is 1.17. The predicted octanol–water partition coefficient (Wildman–Crippen LogP) is 4.47. The fourth-order valence-corrected chi connectivity index (χ4v) is 3.20. The third-order valence-electron chi connectivity index (χ3n) is 3.51. The van der Waals surface area contributed by atoms with Crippen LogP contribution in [0.25, 0.3) is 0 Å². The topological polar surface area (TPSA) is 49.4 Å². The van der Waals surface area contributed by atoms with Crippen LogP contribution in [0, 0.1) is 12.7 Å². The minimum absolute atomic E-state index is 0.117. The van der Waals surface area contributed by atoms with Crippen molar-refractivity contribution >= 4 is 28.2 Å². The highest BCUT2D eigenvalue weighted by atomic mass is 32.1. The van der Waals surface area contributed by atoms with Crippen LogP contribution < -0.4 is 5.32 Å². The number of aryl methyl sites for hydroxylation is 1. The van der Waals surface area contributed by atoms with Crippen LogP contribution in [0.2, 0.25) is 0 Å². The standard InChI is InChI=1S/C17H16F4N2O2S/c1-10-8-13(22-15(24)11-4-3-5-12(18)9-11)26-14(10)16(25)23(2)7-6-17(19,20)21/h3-5,8-9H,6-7H2,1-2H3,(H,22,24). The first-order valence-electron chi connectivity index (χ1n) is 7.56. The molecular weight excluding hydrogens is 372 g/mol. The lowest BCUT2D eigenvalue weighted by molar-refractivity contribution is -0.136. The van der Waals surface area contributed by atoms with Crippen LogP contribution in [0.4, 0.5) is 22.6 Å². The first-order valence-corrected chi connectivity index (χ1v) is 8.38. The quantitative estimate of drug-likeness (QED) is 0.769. The van der Waals surface area contributed by atoms with Gasteiger partial charge in [0.2, 0.25) is 0 Å². The third-order valence-corrected chi connectivity index (χ3v) is 4.65. The van der Waals surface area contributed by atoms with Gasteiger partial charge in [0.05, 0.1) is 16.3 Å². The lowest BCUT2D eigenvalue weighted by atomic mass is 10.2. The van der Waals surface area contributed by atoms with E-state index in [0.717, 1.165) is 22.3 Å². The average molecular weight is 388 g/mol. The number of rotatable bonds is 5. The molecule has 0 unspecified atom stereocenters. The van der Waals surface area contributed by atoms with E-state index in [-0.39, 0.29) is 10.4 Å². The summed E-state index contributed by atoms with van der Waals surface area (Å²) in [7, 11) is 1.29. The molecule has 0 saturated heterocycles. The fourth-order valence-electron chi connectivity index (χ4n) is 2.14. The largest absolute Gasteiger partial charge is 0.390 e. The molecule has 2 aromatic rings. The molecule has 1 aromatic carbocycles. The third kappa shape index (κ3) is 5.29. The van der Waals surface area contributed by atoms with Crippen LogP contribution in [0.5, 0.6) is 0 Å². The van der Waals surface area contributed by atoms with Gasteiger partial charge in [0, 0.05) is 19.2 Å². The Hall–Kier alpha value is -2.42. The van der Waals surface area contributed by atoms with E-state index in [1.807, 2.05) is 0 Å². The number of alkyl halides is 3. The summed E-state index contributed by atoms with van der Waals surface area (Å²) < 4.78 is 50.0. The summed E-state index contributed by atoms with van der Waals surface area (Å²) in [5.74, 6) is -1.65. The number of hydrogen-bond acceptors (Lipinski definition) is 3. The number of carbonyl (C=O) groups is 2. The van der Waals surface area contributed by atoms with E-state index >= 15 is 0 Å². The summed E-state index contributed by atoms with van der Waals surface area (Å²) in [4.78, 5) is 25.6. The van der Waals surface area contributed by atoms with Crippen molar-refractivity contribution in [2.75, 3.05) is 18.9 Å². The second kappa shape index (κ2) is 7.86. The van der Waals surface area contributed by atoms with E-state index in [1.165, 1.54) is 25.2 Å². The van der Waals surface area contributed by atoms with Crippen molar-refractivity contribution in [2.45, 2.75) is 19.5 Å². The molecule has 0 atom stereocenters. The molecule has 0 fully saturated rings. The SMILES string of the molecule is Cc1cc(NC(=O)c2cccc(F)c2)sc1C(=O)N(C)CCC(F)(F)F. The van der Waals surface area contributed by atoms with Gasteiger partial charge >= 0.3 is 6.18 Å². The van der Waals surface area contributed by atoms with Gasteiger partial charge in [-0.15, -0.1) is 11.3 Å². The zero-order valence-electron chi connectivity index (χ0n) is 14.0. The Morgan fingerprint density at radius 3 is 2.54 bits per heavy atom. The second-order valence-corrected chi connectivity index (χ2v) is 6.73. The minimum Gasteiger partial charge on any atom is -0.341 e. The monoisotopic (exact) mass is 388 g/mol. The maximum atomic E-state index is 13.2. The van der Waals surface area contributed by atoms with Crippen LogP contribution in [0.1, 0.15) is 32.0 Å². The first-order chi connectivity index (χ1) is 12.1. The summed E-state index contributed by atoms with van der Waals surface area (Å²) in [6.07, 6.45) is -5.44. The molecule has 26 heavy (non-hydrogen) atoms. The van der Waals surface area contributed by atoms with Gasteiger partial charge in [-0.05, 0) is 36.8 Å². The lowest BCUT2D eigenvalue weighted by Gasteiger charge is -2.17. The van der Waals surface area contributed by atoms with E-state index < -0.39 is 36.8 Å². The van der Waals surface area contributed by atoms with E-state index in [0.29, 0.717) is 10.6 Å². The number of thiophene rings is 1. The number of nitrogens with zero attached hydrogens (tertiary/aromatic N) is 1. The van der Waals surface area contributed by atoms with E-state index in [4.69, 9.17) is 0 Å². The number of halogens is 4. The number of anilines is 1. The summed E-state index contributed by atoms with van der Waals surface area (Å²) in [6, 6.07) is 6.67.